The van der Waals surface area contributed by atoms with Crippen molar-refractivity contribution in [3.8, 4) is 0 Å². The molecule has 108 valence electrons. The molecule has 0 aliphatic heterocycles. The summed E-state index contributed by atoms with van der Waals surface area (Å²) < 4.78 is 1.37. The smallest absolute Gasteiger partial charge is 0.0375 e. The lowest BCUT2D eigenvalue weighted by Gasteiger charge is -2.18. The van der Waals surface area contributed by atoms with Crippen molar-refractivity contribution in [3.63, 3.8) is 0 Å². The zero-order valence-corrected chi connectivity index (χ0v) is 13.4. The highest BCUT2D eigenvalue weighted by Gasteiger charge is 2.15. The third kappa shape index (κ3) is 3.17. The second kappa shape index (κ2) is 6.42. The van der Waals surface area contributed by atoms with Gasteiger partial charge in [0.25, 0.3) is 0 Å². The lowest BCUT2D eigenvalue weighted by atomic mass is 9.98. The minimum Gasteiger partial charge on any atom is -0.310 e. The van der Waals surface area contributed by atoms with Gasteiger partial charge in [-0.2, -0.15) is 0 Å². The van der Waals surface area contributed by atoms with Crippen LogP contribution in [0.5, 0.6) is 0 Å². The molecular weight excluding hydrogens is 274 g/mol. The molecule has 0 aliphatic rings. The molecule has 0 amide bonds. The topological polar surface area (TPSA) is 12.0 Å². The number of hydrogen-bond donors (Lipinski definition) is 1. The van der Waals surface area contributed by atoms with Crippen LogP contribution in [0.2, 0.25) is 0 Å². The maximum atomic E-state index is 3.65. The Kier molecular flexibility index (Phi) is 4.37. The Hall–Kier alpha value is -1.64. The van der Waals surface area contributed by atoms with Crippen molar-refractivity contribution in [3.05, 3.63) is 70.6 Å². The van der Waals surface area contributed by atoms with Gasteiger partial charge in [0, 0.05) is 10.7 Å². The van der Waals surface area contributed by atoms with Gasteiger partial charge in [-0.05, 0) is 47.8 Å². The number of likely N-dealkylation sites (N-methyl/N-ethyl adjacent to an activating group) is 1. The van der Waals surface area contributed by atoms with Crippen molar-refractivity contribution in [2.45, 2.75) is 26.3 Å². The summed E-state index contributed by atoms with van der Waals surface area (Å²) in [6.07, 6.45) is 1.04. The highest BCUT2D eigenvalue weighted by Crippen LogP contribution is 2.31. The van der Waals surface area contributed by atoms with Gasteiger partial charge in [0.15, 0.2) is 0 Å². The van der Waals surface area contributed by atoms with Crippen LogP contribution < -0.4 is 5.32 Å². The van der Waals surface area contributed by atoms with Crippen LogP contribution in [-0.4, -0.2) is 6.54 Å². The SMILES string of the molecule is CCNC(Cc1ccc(C)cc1)c1csc2ccccc12. The third-order valence-corrected chi connectivity index (χ3v) is 4.88. The Morgan fingerprint density at radius 2 is 1.81 bits per heavy atom. The molecule has 21 heavy (non-hydrogen) atoms. The largest absolute Gasteiger partial charge is 0.310 e. The minimum atomic E-state index is 0.383. The third-order valence-electron chi connectivity index (χ3n) is 3.90. The van der Waals surface area contributed by atoms with Gasteiger partial charge < -0.3 is 5.32 Å². The lowest BCUT2D eigenvalue weighted by Crippen LogP contribution is -2.22. The number of rotatable bonds is 5. The molecule has 3 rings (SSSR count). The molecule has 0 fully saturated rings. The van der Waals surface area contributed by atoms with E-state index < -0.39 is 0 Å². The molecule has 1 heterocycles. The standard InChI is InChI=1S/C19H21NS/c1-3-20-18(12-15-10-8-14(2)9-11-15)17-13-21-19-7-5-4-6-16(17)19/h4-11,13,18,20H,3,12H2,1-2H3. The molecule has 3 aromatic rings. The van der Waals surface area contributed by atoms with E-state index in [2.05, 4.69) is 73.1 Å². The Balaban J connectivity index is 1.92. The van der Waals surface area contributed by atoms with E-state index in [0.29, 0.717) is 6.04 Å². The number of aryl methyl sites for hydroxylation is 1. The van der Waals surface area contributed by atoms with Crippen LogP contribution in [-0.2, 0) is 6.42 Å². The van der Waals surface area contributed by atoms with E-state index >= 15 is 0 Å². The zero-order valence-electron chi connectivity index (χ0n) is 12.6. The van der Waals surface area contributed by atoms with Gasteiger partial charge in [0.2, 0.25) is 0 Å². The zero-order chi connectivity index (χ0) is 14.7. The predicted octanol–water partition coefficient (Wildman–Crippen LogP) is 5.10. The molecule has 2 heteroatoms. The van der Waals surface area contributed by atoms with Crippen LogP contribution in [0, 0.1) is 6.92 Å². The van der Waals surface area contributed by atoms with Crippen LogP contribution in [0.1, 0.15) is 29.7 Å². The molecule has 0 radical (unpaired) electrons. The Morgan fingerprint density at radius 3 is 2.57 bits per heavy atom. The number of benzene rings is 2. The Bertz CT molecular complexity index is 712. The number of thiophene rings is 1. The maximum Gasteiger partial charge on any atom is 0.0375 e. The van der Waals surface area contributed by atoms with E-state index in [1.165, 1.54) is 26.8 Å². The highest BCUT2D eigenvalue weighted by atomic mass is 32.1. The van der Waals surface area contributed by atoms with Gasteiger partial charge in [-0.3, -0.25) is 0 Å². The first-order valence-electron chi connectivity index (χ1n) is 7.53. The van der Waals surface area contributed by atoms with Crippen molar-refractivity contribution in [1.29, 1.82) is 0 Å². The van der Waals surface area contributed by atoms with Crippen molar-refractivity contribution in [2.75, 3.05) is 6.54 Å². The molecule has 0 bridgehead atoms. The molecular formula is C19H21NS. The first-order chi connectivity index (χ1) is 10.3. The summed E-state index contributed by atoms with van der Waals surface area (Å²) in [4.78, 5) is 0. The summed E-state index contributed by atoms with van der Waals surface area (Å²) in [5.74, 6) is 0. The monoisotopic (exact) mass is 295 g/mol. The molecule has 1 aromatic heterocycles. The van der Waals surface area contributed by atoms with Crippen molar-refractivity contribution in [1.82, 2.24) is 5.32 Å². The predicted molar refractivity (Wildman–Crippen MR) is 93.1 cm³/mol. The first kappa shape index (κ1) is 14.3. The fourth-order valence-corrected chi connectivity index (χ4v) is 3.78. The van der Waals surface area contributed by atoms with Crippen LogP contribution in [0.15, 0.2) is 53.9 Å². The summed E-state index contributed by atoms with van der Waals surface area (Å²) in [6, 6.07) is 18.0. The van der Waals surface area contributed by atoms with E-state index in [1.54, 1.807) is 0 Å². The van der Waals surface area contributed by atoms with Crippen molar-refractivity contribution >= 4 is 21.4 Å². The Labute approximate surface area is 130 Å². The molecule has 0 saturated carbocycles. The second-order valence-electron chi connectivity index (χ2n) is 5.49. The Morgan fingerprint density at radius 1 is 1.05 bits per heavy atom. The molecule has 2 aromatic carbocycles. The summed E-state index contributed by atoms with van der Waals surface area (Å²) >= 11 is 1.84. The van der Waals surface area contributed by atoms with Gasteiger partial charge in [-0.25, -0.2) is 0 Å². The quantitative estimate of drug-likeness (QED) is 0.690. The van der Waals surface area contributed by atoms with Gasteiger partial charge in [0.1, 0.15) is 0 Å². The van der Waals surface area contributed by atoms with Gasteiger partial charge in [0.05, 0.1) is 0 Å². The summed E-state index contributed by atoms with van der Waals surface area (Å²) in [6.45, 7) is 5.30. The van der Waals surface area contributed by atoms with E-state index in [1.807, 2.05) is 11.3 Å². The maximum absolute atomic E-state index is 3.65. The second-order valence-corrected chi connectivity index (χ2v) is 6.40. The minimum absolute atomic E-state index is 0.383. The van der Waals surface area contributed by atoms with Gasteiger partial charge in [-0.1, -0.05) is 55.0 Å². The highest BCUT2D eigenvalue weighted by molar-refractivity contribution is 7.17. The van der Waals surface area contributed by atoms with E-state index in [9.17, 15) is 0 Å². The fraction of sp³-hybridized carbons (Fsp3) is 0.263. The molecule has 1 nitrogen and oxygen atoms in total. The summed E-state index contributed by atoms with van der Waals surface area (Å²) in [7, 11) is 0. The number of nitrogens with one attached hydrogen (secondary N) is 1. The van der Waals surface area contributed by atoms with Crippen LogP contribution in [0.25, 0.3) is 10.1 Å². The van der Waals surface area contributed by atoms with E-state index in [-0.39, 0.29) is 0 Å². The van der Waals surface area contributed by atoms with Crippen LogP contribution in [0.3, 0.4) is 0 Å². The molecule has 0 spiro atoms. The average Bonchev–Trinajstić information content (AvgIpc) is 2.93. The number of hydrogen-bond acceptors (Lipinski definition) is 2. The molecule has 1 N–H and O–H groups in total. The van der Waals surface area contributed by atoms with Gasteiger partial charge in [-0.15, -0.1) is 11.3 Å². The van der Waals surface area contributed by atoms with E-state index in [4.69, 9.17) is 0 Å². The summed E-state index contributed by atoms with van der Waals surface area (Å²) in [5, 5.41) is 7.35. The van der Waals surface area contributed by atoms with E-state index in [0.717, 1.165) is 13.0 Å². The van der Waals surface area contributed by atoms with Crippen LogP contribution >= 0.6 is 11.3 Å². The van der Waals surface area contributed by atoms with Crippen LogP contribution in [0.4, 0.5) is 0 Å². The molecule has 0 aliphatic carbocycles. The fourth-order valence-electron chi connectivity index (χ4n) is 2.77. The average molecular weight is 295 g/mol. The first-order valence-corrected chi connectivity index (χ1v) is 8.41. The molecule has 1 unspecified atom stereocenters. The lowest BCUT2D eigenvalue weighted by molar-refractivity contribution is 0.554. The summed E-state index contributed by atoms with van der Waals surface area (Å²) in [5.41, 5.74) is 4.14. The van der Waals surface area contributed by atoms with Crippen molar-refractivity contribution < 1.29 is 0 Å². The molecule has 0 saturated heterocycles. The number of fused-ring (bicyclic) bond motifs is 1. The van der Waals surface area contributed by atoms with Crippen molar-refractivity contribution in [2.24, 2.45) is 0 Å². The van der Waals surface area contributed by atoms with Gasteiger partial charge >= 0.3 is 0 Å². The molecule has 1 atom stereocenters. The normalized spacial score (nSPS) is 12.7.